The van der Waals surface area contributed by atoms with Crippen molar-refractivity contribution in [2.75, 3.05) is 0 Å². The third-order valence-electron chi connectivity index (χ3n) is 7.47. The van der Waals surface area contributed by atoms with Gasteiger partial charge in [0.2, 0.25) is 0 Å². The second-order valence-electron chi connectivity index (χ2n) is 12.0. The fourth-order valence-corrected chi connectivity index (χ4v) is 5.94. The lowest BCUT2D eigenvalue weighted by molar-refractivity contribution is -0.385. The average Bonchev–Trinajstić information content (AvgIpc) is 2.80. The third kappa shape index (κ3) is 4.82. The van der Waals surface area contributed by atoms with Crippen LogP contribution in [0, 0.1) is 20.9 Å². The number of rotatable bonds is 5. The largest absolute Gasteiger partial charge is 0.482 e. The van der Waals surface area contributed by atoms with Crippen molar-refractivity contribution in [3.05, 3.63) is 86.6 Å². The molecule has 0 aromatic heterocycles. The lowest BCUT2D eigenvalue weighted by Crippen LogP contribution is -2.48. The summed E-state index contributed by atoms with van der Waals surface area (Å²) in [6, 6.07) is 13.9. The van der Waals surface area contributed by atoms with Crippen LogP contribution < -0.4 is 10.1 Å². The standard InChI is InChI=1S/C30H32N2O5/c1-29(2)13-20-27(23(33)15-29)26(28-21(31-20)14-30(3,4)16-24(28)34)19-10-11-22(32(35)36)25(12-19)37-17-18-8-6-5-7-9-18/h5-12,20,31H,13-17H2,1-4H3. The fourth-order valence-electron chi connectivity index (χ4n) is 5.94. The van der Waals surface area contributed by atoms with Gasteiger partial charge in [0.25, 0.3) is 0 Å². The molecular weight excluding hydrogens is 468 g/mol. The van der Waals surface area contributed by atoms with Gasteiger partial charge < -0.3 is 10.1 Å². The van der Waals surface area contributed by atoms with E-state index < -0.39 is 4.92 Å². The molecule has 1 fully saturated rings. The van der Waals surface area contributed by atoms with Crippen LogP contribution in [0.25, 0.3) is 5.57 Å². The van der Waals surface area contributed by atoms with Gasteiger partial charge in [0, 0.05) is 41.3 Å². The number of hydrogen-bond acceptors (Lipinski definition) is 6. The minimum Gasteiger partial charge on any atom is -0.482 e. The third-order valence-corrected chi connectivity index (χ3v) is 7.47. The van der Waals surface area contributed by atoms with Gasteiger partial charge in [-0.1, -0.05) is 58.0 Å². The number of hydrogen-bond donors (Lipinski definition) is 1. The van der Waals surface area contributed by atoms with E-state index in [1.54, 1.807) is 12.1 Å². The number of dihydropyridines is 1. The van der Waals surface area contributed by atoms with Crippen molar-refractivity contribution >= 4 is 22.8 Å². The SMILES string of the molecule is CC1(C)CC(=O)C2=C(C1)NC1CC(C)(C)CC(=O)C1=C2c1ccc([N+](=O)[O-])c(OCc2ccccc2)c1. The number of nitrogens with one attached hydrogen (secondary N) is 1. The van der Waals surface area contributed by atoms with Crippen molar-refractivity contribution in [3.63, 3.8) is 0 Å². The number of fused-ring (bicyclic) bond motifs is 1. The predicted octanol–water partition coefficient (Wildman–Crippen LogP) is 5.93. The minimum atomic E-state index is -0.472. The highest BCUT2D eigenvalue weighted by molar-refractivity contribution is 6.19. The van der Waals surface area contributed by atoms with Crippen molar-refractivity contribution in [2.24, 2.45) is 10.8 Å². The number of nitro groups is 1. The number of benzene rings is 2. The highest BCUT2D eigenvalue weighted by Crippen LogP contribution is 2.49. The number of nitro benzene ring substituents is 1. The Labute approximate surface area is 216 Å². The molecule has 0 spiro atoms. The molecule has 1 heterocycles. The summed E-state index contributed by atoms with van der Waals surface area (Å²) in [6.07, 6.45) is 2.21. The molecule has 7 nitrogen and oxygen atoms in total. The molecule has 1 N–H and O–H groups in total. The number of allylic oxidation sites excluding steroid dienone is 3. The van der Waals surface area contributed by atoms with Crippen molar-refractivity contribution in [2.45, 2.75) is 66.0 Å². The second kappa shape index (κ2) is 8.98. The molecule has 1 unspecified atom stereocenters. The number of ketones is 2. The smallest absolute Gasteiger partial charge is 0.310 e. The molecule has 192 valence electrons. The molecule has 0 amide bonds. The lowest BCUT2D eigenvalue weighted by atomic mass is 9.65. The van der Waals surface area contributed by atoms with Crippen LogP contribution in [-0.2, 0) is 16.2 Å². The number of carbonyl (C=O) groups is 2. The molecule has 37 heavy (non-hydrogen) atoms. The summed E-state index contributed by atoms with van der Waals surface area (Å²) in [5, 5.41) is 15.4. The van der Waals surface area contributed by atoms with E-state index in [9.17, 15) is 19.7 Å². The van der Waals surface area contributed by atoms with Gasteiger partial charge in [-0.3, -0.25) is 19.7 Å². The summed E-state index contributed by atoms with van der Waals surface area (Å²) >= 11 is 0. The van der Waals surface area contributed by atoms with Crippen molar-refractivity contribution in [1.29, 1.82) is 0 Å². The van der Waals surface area contributed by atoms with E-state index in [1.807, 2.05) is 30.3 Å². The Hall–Kier alpha value is -3.74. The van der Waals surface area contributed by atoms with E-state index in [4.69, 9.17) is 4.74 Å². The van der Waals surface area contributed by atoms with Crippen LogP contribution in [0.3, 0.4) is 0 Å². The quantitative estimate of drug-likeness (QED) is 0.403. The normalized spacial score (nSPS) is 22.2. The van der Waals surface area contributed by atoms with Crippen LogP contribution in [0.2, 0.25) is 0 Å². The van der Waals surface area contributed by atoms with E-state index in [0.29, 0.717) is 41.5 Å². The van der Waals surface area contributed by atoms with Crippen LogP contribution in [0.4, 0.5) is 5.69 Å². The van der Waals surface area contributed by atoms with Gasteiger partial charge in [-0.25, -0.2) is 0 Å². The molecule has 2 aromatic carbocycles. The van der Waals surface area contributed by atoms with E-state index in [0.717, 1.165) is 17.7 Å². The monoisotopic (exact) mass is 500 g/mol. The summed E-state index contributed by atoms with van der Waals surface area (Å²) in [4.78, 5) is 38.4. The van der Waals surface area contributed by atoms with Gasteiger partial charge in [-0.2, -0.15) is 0 Å². The van der Waals surface area contributed by atoms with Crippen LogP contribution >= 0.6 is 0 Å². The first-order valence-corrected chi connectivity index (χ1v) is 12.7. The maximum absolute atomic E-state index is 13.5. The number of Topliss-reactive ketones (excluding diaryl/α,β-unsaturated/α-hetero) is 2. The van der Waals surface area contributed by atoms with Gasteiger partial charge in [0.15, 0.2) is 17.3 Å². The lowest BCUT2D eigenvalue weighted by Gasteiger charge is -2.44. The summed E-state index contributed by atoms with van der Waals surface area (Å²) in [6.45, 7) is 8.49. The fraction of sp³-hybridized carbons (Fsp3) is 0.400. The summed E-state index contributed by atoms with van der Waals surface area (Å²) in [7, 11) is 0. The first-order chi connectivity index (χ1) is 17.4. The molecular formula is C30H32N2O5. The van der Waals surface area contributed by atoms with E-state index in [-0.39, 0.29) is 46.5 Å². The predicted molar refractivity (Wildman–Crippen MR) is 141 cm³/mol. The number of ether oxygens (including phenoxy) is 1. The minimum absolute atomic E-state index is 0.0116. The summed E-state index contributed by atoms with van der Waals surface area (Å²) in [5.41, 5.74) is 3.58. The molecule has 5 rings (SSSR count). The molecule has 2 aromatic rings. The van der Waals surface area contributed by atoms with Gasteiger partial charge in [0.1, 0.15) is 6.61 Å². The Morgan fingerprint density at radius 2 is 1.65 bits per heavy atom. The molecule has 1 saturated carbocycles. The van der Waals surface area contributed by atoms with Crippen LogP contribution in [0.1, 0.15) is 64.5 Å². The second-order valence-corrected chi connectivity index (χ2v) is 12.0. The Bertz CT molecular complexity index is 1370. The first kappa shape index (κ1) is 24.9. The van der Waals surface area contributed by atoms with Crippen molar-refractivity contribution < 1.29 is 19.2 Å². The molecule has 0 saturated heterocycles. The zero-order chi connectivity index (χ0) is 26.5. The van der Waals surface area contributed by atoms with Crippen LogP contribution in [-0.4, -0.2) is 22.5 Å². The van der Waals surface area contributed by atoms with Crippen LogP contribution in [0.5, 0.6) is 5.75 Å². The Morgan fingerprint density at radius 3 is 2.35 bits per heavy atom. The van der Waals surface area contributed by atoms with E-state index in [1.165, 1.54) is 6.07 Å². The van der Waals surface area contributed by atoms with Gasteiger partial charge in [-0.05, 0) is 46.9 Å². The highest BCUT2D eigenvalue weighted by atomic mass is 16.6. The molecule has 2 aliphatic carbocycles. The first-order valence-electron chi connectivity index (χ1n) is 12.7. The van der Waals surface area contributed by atoms with Crippen molar-refractivity contribution in [3.8, 4) is 5.75 Å². The zero-order valence-electron chi connectivity index (χ0n) is 21.7. The molecule has 1 atom stereocenters. The van der Waals surface area contributed by atoms with Crippen LogP contribution in [0.15, 0.2) is 65.4 Å². The number of carbonyl (C=O) groups excluding carboxylic acids is 2. The molecule has 1 aliphatic heterocycles. The molecule has 7 heteroatoms. The maximum atomic E-state index is 13.5. The zero-order valence-corrected chi connectivity index (χ0v) is 21.7. The van der Waals surface area contributed by atoms with Crippen molar-refractivity contribution in [1.82, 2.24) is 5.32 Å². The Kier molecular flexibility index (Phi) is 6.05. The Morgan fingerprint density at radius 1 is 0.946 bits per heavy atom. The van der Waals surface area contributed by atoms with Gasteiger partial charge in [-0.15, -0.1) is 0 Å². The Balaban J connectivity index is 1.66. The highest BCUT2D eigenvalue weighted by Gasteiger charge is 2.46. The average molecular weight is 501 g/mol. The molecule has 0 bridgehead atoms. The van der Waals surface area contributed by atoms with Gasteiger partial charge in [0.05, 0.1) is 11.0 Å². The summed E-state index contributed by atoms with van der Waals surface area (Å²) < 4.78 is 5.94. The maximum Gasteiger partial charge on any atom is 0.310 e. The van der Waals surface area contributed by atoms with E-state index >= 15 is 0 Å². The van der Waals surface area contributed by atoms with E-state index in [2.05, 4.69) is 33.0 Å². The topological polar surface area (TPSA) is 98.5 Å². The molecule has 0 radical (unpaired) electrons. The molecule has 3 aliphatic rings. The van der Waals surface area contributed by atoms with Gasteiger partial charge >= 0.3 is 5.69 Å². The number of nitrogens with zero attached hydrogens (tertiary/aromatic N) is 1. The summed E-state index contributed by atoms with van der Waals surface area (Å²) in [5.74, 6) is 0.115.